The van der Waals surface area contributed by atoms with E-state index in [9.17, 15) is 9.59 Å². The zero-order valence-corrected chi connectivity index (χ0v) is 11.0. The van der Waals surface area contributed by atoms with E-state index in [4.69, 9.17) is 15.2 Å². The molecular formula is C14H16N2O4. The highest BCUT2D eigenvalue weighted by Gasteiger charge is 2.22. The van der Waals surface area contributed by atoms with Crippen molar-refractivity contribution in [1.82, 2.24) is 4.90 Å². The molecule has 6 heteroatoms. The number of rotatable bonds is 7. The van der Waals surface area contributed by atoms with Crippen molar-refractivity contribution < 1.29 is 19.1 Å². The molecule has 106 valence electrons. The van der Waals surface area contributed by atoms with Gasteiger partial charge in [-0.15, -0.1) is 0 Å². The molecule has 20 heavy (non-hydrogen) atoms. The number of carbonyl (C=O) groups excluding carboxylic acids is 2. The molecule has 1 aliphatic heterocycles. The zero-order chi connectivity index (χ0) is 14.4. The molecule has 1 heterocycles. The summed E-state index contributed by atoms with van der Waals surface area (Å²) in [5.74, 6) is 0.130. The van der Waals surface area contributed by atoms with E-state index >= 15 is 0 Å². The maximum absolute atomic E-state index is 11.2. The minimum absolute atomic E-state index is 0.256. The van der Waals surface area contributed by atoms with Crippen LogP contribution in [0.1, 0.15) is 0 Å². The molecule has 0 atom stereocenters. The first-order chi connectivity index (χ1) is 9.66. The Morgan fingerprint density at radius 2 is 1.60 bits per heavy atom. The average molecular weight is 276 g/mol. The average Bonchev–Trinajstić information content (AvgIpc) is 2.76. The third kappa shape index (κ3) is 3.83. The van der Waals surface area contributed by atoms with Gasteiger partial charge in [0.15, 0.2) is 0 Å². The molecule has 6 nitrogen and oxygen atoms in total. The van der Waals surface area contributed by atoms with Gasteiger partial charge in [-0.05, 0) is 24.3 Å². The summed E-state index contributed by atoms with van der Waals surface area (Å²) < 4.78 is 10.7. The summed E-state index contributed by atoms with van der Waals surface area (Å²) in [6.45, 7) is 1.33. The number of nitrogens with zero attached hydrogens (tertiary/aromatic N) is 1. The number of amides is 2. The Balaban J connectivity index is 1.57. The van der Waals surface area contributed by atoms with E-state index in [0.29, 0.717) is 25.5 Å². The highest BCUT2D eigenvalue weighted by molar-refractivity contribution is 6.12. The molecule has 0 aliphatic carbocycles. The monoisotopic (exact) mass is 276 g/mol. The SMILES string of the molecule is Nc1ccc(OCCOCCN2C(=O)C=CC2=O)cc1. The fraction of sp³-hybridized carbons (Fsp3) is 0.286. The first kappa shape index (κ1) is 14.1. The third-order valence-corrected chi connectivity index (χ3v) is 2.74. The first-order valence-electron chi connectivity index (χ1n) is 6.26. The fourth-order valence-corrected chi connectivity index (χ4v) is 1.69. The number of benzene rings is 1. The van der Waals surface area contributed by atoms with E-state index < -0.39 is 0 Å². The van der Waals surface area contributed by atoms with E-state index in [0.717, 1.165) is 10.6 Å². The molecule has 0 saturated heterocycles. The number of carbonyl (C=O) groups is 2. The molecule has 2 rings (SSSR count). The third-order valence-electron chi connectivity index (χ3n) is 2.74. The summed E-state index contributed by atoms with van der Waals surface area (Å²) in [5, 5.41) is 0. The smallest absolute Gasteiger partial charge is 0.253 e. The Bertz CT molecular complexity index is 492. The van der Waals surface area contributed by atoms with Crippen LogP contribution in [-0.2, 0) is 14.3 Å². The van der Waals surface area contributed by atoms with Gasteiger partial charge in [0, 0.05) is 17.8 Å². The van der Waals surface area contributed by atoms with Gasteiger partial charge < -0.3 is 15.2 Å². The maximum atomic E-state index is 11.2. The molecule has 0 aromatic heterocycles. The quantitative estimate of drug-likeness (QED) is 0.448. The van der Waals surface area contributed by atoms with Gasteiger partial charge in [-0.25, -0.2) is 0 Å². The molecule has 0 spiro atoms. The lowest BCUT2D eigenvalue weighted by Crippen LogP contribution is -2.33. The van der Waals surface area contributed by atoms with Crippen LogP contribution in [0.4, 0.5) is 5.69 Å². The number of hydrogen-bond donors (Lipinski definition) is 1. The molecule has 1 aromatic carbocycles. The van der Waals surface area contributed by atoms with Gasteiger partial charge in [-0.2, -0.15) is 0 Å². The summed E-state index contributed by atoms with van der Waals surface area (Å²) in [5.41, 5.74) is 6.24. The Hall–Kier alpha value is -2.34. The van der Waals surface area contributed by atoms with Crippen molar-refractivity contribution in [3.63, 3.8) is 0 Å². The Labute approximate surface area is 116 Å². The van der Waals surface area contributed by atoms with Gasteiger partial charge in [-0.1, -0.05) is 0 Å². The van der Waals surface area contributed by atoms with Crippen LogP contribution in [0.5, 0.6) is 5.75 Å². The Kier molecular flexibility index (Phi) is 4.73. The number of ether oxygens (including phenoxy) is 2. The highest BCUT2D eigenvalue weighted by atomic mass is 16.5. The molecule has 0 fully saturated rings. The second-order valence-corrected chi connectivity index (χ2v) is 4.19. The lowest BCUT2D eigenvalue weighted by molar-refractivity contribution is -0.137. The molecule has 0 unspecified atom stereocenters. The second kappa shape index (κ2) is 6.72. The summed E-state index contributed by atoms with van der Waals surface area (Å²) in [6.07, 6.45) is 2.51. The number of nitrogens with two attached hydrogens (primary N) is 1. The summed E-state index contributed by atoms with van der Waals surface area (Å²) in [6, 6.07) is 7.08. The van der Waals surface area contributed by atoms with Crippen molar-refractivity contribution in [2.75, 3.05) is 32.1 Å². The maximum Gasteiger partial charge on any atom is 0.253 e. The van der Waals surface area contributed by atoms with Crippen molar-refractivity contribution in [1.29, 1.82) is 0 Å². The van der Waals surface area contributed by atoms with E-state index in [1.54, 1.807) is 24.3 Å². The highest BCUT2D eigenvalue weighted by Crippen LogP contribution is 2.12. The van der Waals surface area contributed by atoms with Gasteiger partial charge in [0.2, 0.25) is 0 Å². The Morgan fingerprint density at radius 1 is 0.950 bits per heavy atom. The number of anilines is 1. The molecule has 0 saturated carbocycles. The van der Waals surface area contributed by atoms with Crippen molar-refractivity contribution >= 4 is 17.5 Å². The van der Waals surface area contributed by atoms with Crippen LogP contribution in [0, 0.1) is 0 Å². The van der Waals surface area contributed by atoms with Crippen LogP contribution in [0.15, 0.2) is 36.4 Å². The number of nitrogen functional groups attached to an aromatic ring is 1. The van der Waals surface area contributed by atoms with Crippen molar-refractivity contribution in [2.24, 2.45) is 0 Å². The van der Waals surface area contributed by atoms with Crippen LogP contribution in [0.2, 0.25) is 0 Å². The largest absolute Gasteiger partial charge is 0.491 e. The van der Waals surface area contributed by atoms with Gasteiger partial charge in [0.05, 0.1) is 19.8 Å². The summed E-state index contributed by atoms with van der Waals surface area (Å²) in [7, 11) is 0. The molecule has 2 N–H and O–H groups in total. The fourth-order valence-electron chi connectivity index (χ4n) is 1.69. The molecular weight excluding hydrogens is 260 g/mol. The molecule has 1 aromatic rings. The van der Waals surface area contributed by atoms with Crippen molar-refractivity contribution in [2.45, 2.75) is 0 Å². The minimum atomic E-state index is -0.295. The van der Waals surface area contributed by atoms with Crippen LogP contribution in [0.25, 0.3) is 0 Å². The number of imide groups is 1. The van der Waals surface area contributed by atoms with E-state index in [2.05, 4.69) is 0 Å². The Morgan fingerprint density at radius 3 is 2.25 bits per heavy atom. The standard InChI is InChI=1S/C14H16N2O4/c15-11-1-3-12(4-2-11)20-10-9-19-8-7-16-13(17)5-6-14(16)18/h1-6H,7-10,15H2. The predicted molar refractivity (Wildman–Crippen MR) is 73.0 cm³/mol. The summed E-state index contributed by atoms with van der Waals surface area (Å²) >= 11 is 0. The van der Waals surface area contributed by atoms with E-state index in [1.165, 1.54) is 12.2 Å². The van der Waals surface area contributed by atoms with Crippen molar-refractivity contribution in [3.8, 4) is 5.75 Å². The normalized spacial score (nSPS) is 14.1. The van der Waals surface area contributed by atoms with Gasteiger partial charge >= 0.3 is 0 Å². The minimum Gasteiger partial charge on any atom is -0.491 e. The molecule has 1 aliphatic rings. The summed E-state index contributed by atoms with van der Waals surface area (Å²) in [4.78, 5) is 23.6. The topological polar surface area (TPSA) is 81.9 Å². The predicted octanol–water partition coefficient (Wildman–Crippen LogP) is 0.589. The molecule has 2 amide bonds. The lowest BCUT2D eigenvalue weighted by Gasteiger charge is -2.13. The van der Waals surface area contributed by atoms with E-state index in [1.807, 2.05) is 0 Å². The van der Waals surface area contributed by atoms with Crippen LogP contribution in [-0.4, -0.2) is 43.1 Å². The van der Waals surface area contributed by atoms with Gasteiger partial charge in [0.1, 0.15) is 12.4 Å². The van der Waals surface area contributed by atoms with E-state index in [-0.39, 0.29) is 18.4 Å². The number of hydrogen-bond acceptors (Lipinski definition) is 5. The molecule has 0 bridgehead atoms. The zero-order valence-electron chi connectivity index (χ0n) is 11.0. The lowest BCUT2D eigenvalue weighted by atomic mass is 10.3. The first-order valence-corrected chi connectivity index (χ1v) is 6.26. The van der Waals surface area contributed by atoms with Crippen LogP contribution in [0.3, 0.4) is 0 Å². The van der Waals surface area contributed by atoms with Crippen molar-refractivity contribution in [3.05, 3.63) is 36.4 Å². The van der Waals surface area contributed by atoms with Crippen LogP contribution >= 0.6 is 0 Å². The second-order valence-electron chi connectivity index (χ2n) is 4.19. The van der Waals surface area contributed by atoms with Crippen LogP contribution < -0.4 is 10.5 Å². The van der Waals surface area contributed by atoms with Gasteiger partial charge in [-0.3, -0.25) is 14.5 Å². The molecule has 0 radical (unpaired) electrons. The van der Waals surface area contributed by atoms with Gasteiger partial charge in [0.25, 0.3) is 11.8 Å².